The van der Waals surface area contributed by atoms with E-state index >= 15 is 0 Å². The smallest absolute Gasteiger partial charge is 0.0666 e. The van der Waals surface area contributed by atoms with Crippen LogP contribution < -0.4 is 19.8 Å². The molecule has 9 aromatic carbocycles. The minimum Gasteiger partial charge on any atom is -0.311 e. The summed E-state index contributed by atoms with van der Waals surface area (Å²) < 4.78 is 0. The van der Waals surface area contributed by atoms with Crippen LogP contribution in [-0.2, 0) is 13.1 Å². The van der Waals surface area contributed by atoms with Gasteiger partial charge >= 0.3 is 0 Å². The van der Waals surface area contributed by atoms with Crippen LogP contribution in [0.25, 0.3) is 0 Å². The summed E-state index contributed by atoms with van der Waals surface area (Å²) in [6.45, 7) is 5.41. The maximum Gasteiger partial charge on any atom is 0.0666 e. The zero-order valence-corrected chi connectivity index (χ0v) is 37.3. The molecule has 0 unspecified atom stereocenters. The lowest BCUT2D eigenvalue weighted by molar-refractivity contribution is 0.839. The molecule has 0 saturated carbocycles. The lowest BCUT2D eigenvalue weighted by Crippen LogP contribution is -2.18. The second-order valence-electron chi connectivity index (χ2n) is 16.3. The Hall–Kier alpha value is -8.48. The molecular formula is C60H52N6. The minimum atomic E-state index is 0.588. The van der Waals surface area contributed by atoms with E-state index in [0.29, 0.717) is 13.1 Å². The molecule has 0 spiro atoms. The average molecular weight is 857 g/mol. The highest BCUT2D eigenvalue weighted by molar-refractivity contribution is 5.85. The van der Waals surface area contributed by atoms with Gasteiger partial charge in [0, 0.05) is 34.1 Å². The summed E-state index contributed by atoms with van der Waals surface area (Å²) in [5, 5.41) is 14.3. The Morgan fingerprint density at radius 2 is 0.591 bits per heavy atom. The highest BCUT2D eigenvalue weighted by atomic mass is 15.5. The zero-order chi connectivity index (χ0) is 44.9. The Morgan fingerprint density at radius 1 is 0.303 bits per heavy atom. The monoisotopic (exact) mass is 856 g/mol. The van der Waals surface area contributed by atoms with Crippen molar-refractivity contribution in [2.24, 2.45) is 10.2 Å². The predicted molar refractivity (Wildman–Crippen MR) is 279 cm³/mol. The molecule has 0 bridgehead atoms. The number of nitrogens with zero attached hydrogens (tertiary/aromatic N) is 6. The van der Waals surface area contributed by atoms with Crippen LogP contribution in [0, 0.1) is 13.8 Å². The van der Waals surface area contributed by atoms with E-state index in [2.05, 4.69) is 252 Å². The molecular weight excluding hydrogens is 805 g/mol. The molecule has 0 aromatic heterocycles. The van der Waals surface area contributed by atoms with E-state index in [1.54, 1.807) is 0 Å². The van der Waals surface area contributed by atoms with Gasteiger partial charge in [-0.25, -0.2) is 0 Å². The highest BCUT2D eigenvalue weighted by Gasteiger charge is 2.15. The van der Waals surface area contributed by atoms with Crippen LogP contribution in [0.3, 0.4) is 0 Å². The van der Waals surface area contributed by atoms with Gasteiger partial charge in [0.25, 0.3) is 0 Å². The van der Waals surface area contributed by atoms with E-state index in [-0.39, 0.29) is 0 Å². The van der Waals surface area contributed by atoms with Crippen molar-refractivity contribution in [1.82, 2.24) is 0 Å². The maximum atomic E-state index is 5.07. The van der Waals surface area contributed by atoms with Crippen molar-refractivity contribution < 1.29 is 0 Å². The molecule has 66 heavy (non-hydrogen) atoms. The molecule has 6 nitrogen and oxygen atoms in total. The molecule has 0 aliphatic carbocycles. The fourth-order valence-electron chi connectivity index (χ4n) is 7.90. The van der Waals surface area contributed by atoms with Crippen molar-refractivity contribution >= 4 is 57.9 Å². The molecule has 0 aliphatic heterocycles. The van der Waals surface area contributed by atoms with E-state index < -0.39 is 0 Å². The predicted octanol–water partition coefficient (Wildman–Crippen LogP) is 15.3. The van der Waals surface area contributed by atoms with E-state index in [1.165, 1.54) is 11.1 Å². The molecule has 9 aromatic rings. The first-order valence-electron chi connectivity index (χ1n) is 22.4. The average Bonchev–Trinajstić information content (AvgIpc) is 3.37. The molecule has 0 saturated heterocycles. The number of hydrogen-bond donors (Lipinski definition) is 0. The van der Waals surface area contributed by atoms with Gasteiger partial charge in [-0.1, -0.05) is 157 Å². The fourth-order valence-corrected chi connectivity index (χ4v) is 7.90. The van der Waals surface area contributed by atoms with Gasteiger partial charge in [-0.2, -0.15) is 10.2 Å². The number of para-hydroxylation sites is 4. The van der Waals surface area contributed by atoms with E-state index in [9.17, 15) is 0 Å². The molecule has 322 valence electrons. The third kappa shape index (κ3) is 10.8. The van der Waals surface area contributed by atoms with Crippen LogP contribution in [0.15, 0.2) is 253 Å². The quantitative estimate of drug-likeness (QED) is 0.0717. The van der Waals surface area contributed by atoms with Gasteiger partial charge in [0.15, 0.2) is 0 Å². The topological polar surface area (TPSA) is 37.7 Å². The summed E-state index contributed by atoms with van der Waals surface area (Å²) in [6.07, 6.45) is 3.89. The van der Waals surface area contributed by atoms with Crippen molar-refractivity contribution in [3.05, 3.63) is 276 Å². The Kier molecular flexibility index (Phi) is 13.5. The third-order valence-electron chi connectivity index (χ3n) is 11.4. The van der Waals surface area contributed by atoms with Gasteiger partial charge in [-0.15, -0.1) is 0 Å². The molecule has 0 radical (unpaired) electrons. The number of rotatable bonds is 16. The van der Waals surface area contributed by atoms with Crippen molar-refractivity contribution in [2.75, 3.05) is 19.8 Å². The molecule has 0 atom stereocenters. The summed E-state index contributed by atoms with van der Waals surface area (Å²) >= 11 is 0. The summed E-state index contributed by atoms with van der Waals surface area (Å²) in [5.74, 6) is 0. The Morgan fingerprint density at radius 3 is 0.924 bits per heavy atom. The first-order chi connectivity index (χ1) is 32.5. The number of benzene rings is 9. The van der Waals surface area contributed by atoms with Crippen LogP contribution in [-0.4, -0.2) is 12.4 Å². The molecule has 0 N–H and O–H groups in total. The zero-order valence-electron chi connectivity index (χ0n) is 37.3. The molecule has 0 heterocycles. The van der Waals surface area contributed by atoms with Crippen LogP contribution in [0.1, 0.15) is 33.4 Å². The van der Waals surface area contributed by atoms with Gasteiger partial charge in [0.2, 0.25) is 0 Å². The number of hydrogen-bond acceptors (Lipinski definition) is 6. The van der Waals surface area contributed by atoms with Gasteiger partial charge < -0.3 is 9.80 Å². The van der Waals surface area contributed by atoms with Gasteiger partial charge in [-0.05, 0) is 133 Å². The van der Waals surface area contributed by atoms with Crippen LogP contribution >= 0.6 is 0 Å². The molecule has 9 rings (SSSR count). The molecule has 0 fully saturated rings. The van der Waals surface area contributed by atoms with Crippen molar-refractivity contribution in [1.29, 1.82) is 0 Å². The van der Waals surface area contributed by atoms with Gasteiger partial charge in [0.1, 0.15) is 0 Å². The van der Waals surface area contributed by atoms with Crippen molar-refractivity contribution in [2.45, 2.75) is 26.9 Å². The van der Waals surface area contributed by atoms with E-state index in [4.69, 9.17) is 10.2 Å². The van der Waals surface area contributed by atoms with Gasteiger partial charge in [-0.3, -0.25) is 10.0 Å². The van der Waals surface area contributed by atoms with Gasteiger partial charge in [0.05, 0.1) is 36.9 Å². The molecule has 0 aliphatic rings. The summed E-state index contributed by atoms with van der Waals surface area (Å²) in [6, 6.07) is 84.8. The Bertz CT molecular complexity index is 2750. The van der Waals surface area contributed by atoms with Crippen LogP contribution in [0.5, 0.6) is 0 Å². The maximum absolute atomic E-state index is 5.07. The second kappa shape index (κ2) is 20.8. The standard InChI is InChI=1S/C60H52N6/c1-47-26-34-57(35-27-47)65(55-22-11-5-12-23-55)59-38-30-49(31-39-59)43-61-63(53-18-7-3-8-19-53)45-51-16-15-17-52(42-51)46-64(54-20-9-4-10-21-54)62-44-50-32-40-60(41-33-50)66(56-24-13-6-14-25-56)58-36-28-48(2)29-37-58/h3-44H,45-46H2,1-2H3/b61-43+,62-44+. The van der Waals surface area contributed by atoms with E-state index in [0.717, 1.165) is 67.8 Å². The summed E-state index contributed by atoms with van der Waals surface area (Å²) in [7, 11) is 0. The second-order valence-corrected chi connectivity index (χ2v) is 16.3. The normalized spacial score (nSPS) is 11.2. The molecule has 6 heteroatoms. The number of aryl methyl sites for hydroxylation is 2. The fraction of sp³-hybridized carbons (Fsp3) is 0.0667. The largest absolute Gasteiger partial charge is 0.311 e. The summed E-state index contributed by atoms with van der Waals surface area (Å²) in [4.78, 5) is 4.55. The van der Waals surface area contributed by atoms with Crippen LogP contribution in [0.2, 0.25) is 0 Å². The van der Waals surface area contributed by atoms with Crippen molar-refractivity contribution in [3.63, 3.8) is 0 Å². The van der Waals surface area contributed by atoms with Crippen molar-refractivity contribution in [3.8, 4) is 0 Å². The summed E-state index contributed by atoms with van der Waals surface area (Å²) in [5.41, 5.74) is 15.4. The molecule has 0 amide bonds. The third-order valence-corrected chi connectivity index (χ3v) is 11.4. The first kappa shape index (κ1) is 42.8. The lowest BCUT2D eigenvalue weighted by atomic mass is 10.1. The first-order valence-corrected chi connectivity index (χ1v) is 22.4. The van der Waals surface area contributed by atoms with E-state index in [1.807, 2.05) is 36.7 Å². The SMILES string of the molecule is Cc1ccc(N(c2ccccc2)c2ccc(/C=N/N(Cc3cccc(CN(/N=C/c4ccc(N(c5ccccc5)c5ccc(C)cc5)cc4)c4ccccc4)c3)c3ccccc3)cc2)cc1. The lowest BCUT2D eigenvalue weighted by Gasteiger charge is -2.25. The minimum absolute atomic E-state index is 0.588. The number of hydrazone groups is 2. The Labute approximate surface area is 389 Å². The highest BCUT2D eigenvalue weighted by Crippen LogP contribution is 2.36. The Balaban J connectivity index is 0.931. The number of anilines is 8. The van der Waals surface area contributed by atoms with Crippen LogP contribution in [0.4, 0.5) is 45.5 Å².